The smallest absolute Gasteiger partial charge is 0.325 e. The topological polar surface area (TPSA) is 58.6 Å². The number of nitrogens with one attached hydrogen (secondary N) is 1. The van der Waals surface area contributed by atoms with Crippen LogP contribution in [0.3, 0.4) is 0 Å². The molecule has 16 heavy (non-hydrogen) atoms. The Morgan fingerprint density at radius 1 is 1.44 bits per heavy atom. The minimum absolute atomic E-state index is 0.595. The summed E-state index contributed by atoms with van der Waals surface area (Å²) in [5.41, 5.74) is 0.777. The van der Waals surface area contributed by atoms with Crippen molar-refractivity contribution >= 4 is 11.7 Å². The summed E-state index contributed by atoms with van der Waals surface area (Å²) in [6.07, 6.45) is 0.968. The van der Waals surface area contributed by atoms with Crippen molar-refractivity contribution in [3.63, 3.8) is 0 Å². The van der Waals surface area contributed by atoms with E-state index in [9.17, 15) is 4.79 Å². The first kappa shape index (κ1) is 12.4. The molecule has 0 spiro atoms. The van der Waals surface area contributed by atoms with E-state index in [1.54, 1.807) is 6.92 Å². The van der Waals surface area contributed by atoms with Gasteiger partial charge in [0, 0.05) is 5.69 Å². The van der Waals surface area contributed by atoms with Crippen LogP contribution in [0, 0.1) is 0 Å². The molecular weight excluding hydrogens is 206 g/mol. The molecule has 1 aromatic rings. The summed E-state index contributed by atoms with van der Waals surface area (Å²) >= 11 is 0. The van der Waals surface area contributed by atoms with E-state index in [4.69, 9.17) is 9.84 Å². The summed E-state index contributed by atoms with van der Waals surface area (Å²) in [7, 11) is 0. The minimum Gasteiger partial charge on any atom is -0.494 e. The maximum atomic E-state index is 10.6. The Hall–Kier alpha value is -1.71. The Morgan fingerprint density at radius 2 is 2.06 bits per heavy atom. The van der Waals surface area contributed by atoms with Crippen LogP contribution in [0.1, 0.15) is 20.3 Å². The van der Waals surface area contributed by atoms with Crippen molar-refractivity contribution in [1.82, 2.24) is 0 Å². The molecule has 1 atom stereocenters. The Morgan fingerprint density at radius 3 is 2.56 bits per heavy atom. The molecule has 4 nitrogen and oxygen atoms in total. The molecule has 0 radical (unpaired) electrons. The van der Waals surface area contributed by atoms with Crippen molar-refractivity contribution < 1.29 is 14.6 Å². The van der Waals surface area contributed by atoms with Crippen LogP contribution in [0.2, 0.25) is 0 Å². The second-order valence-electron chi connectivity index (χ2n) is 3.58. The summed E-state index contributed by atoms with van der Waals surface area (Å²) in [6, 6.07) is 6.68. The third-order valence-corrected chi connectivity index (χ3v) is 2.08. The van der Waals surface area contributed by atoms with Crippen molar-refractivity contribution in [2.75, 3.05) is 11.9 Å². The standard InChI is InChI=1S/C12H17NO3/c1-3-8-16-11-6-4-10(5-7-11)13-9(2)12(14)15/h4-7,9,13H,3,8H2,1-2H3,(H,14,15). The van der Waals surface area contributed by atoms with Crippen molar-refractivity contribution in [2.24, 2.45) is 0 Å². The summed E-state index contributed by atoms with van der Waals surface area (Å²) in [6.45, 7) is 4.34. The Labute approximate surface area is 95.2 Å². The van der Waals surface area contributed by atoms with E-state index >= 15 is 0 Å². The Kier molecular flexibility index (Phi) is 4.64. The van der Waals surface area contributed by atoms with Gasteiger partial charge in [0.25, 0.3) is 0 Å². The van der Waals surface area contributed by atoms with E-state index < -0.39 is 12.0 Å². The number of carboxylic acid groups (broad SMARTS) is 1. The first-order valence-corrected chi connectivity index (χ1v) is 5.35. The average molecular weight is 223 g/mol. The van der Waals surface area contributed by atoms with E-state index in [-0.39, 0.29) is 0 Å². The highest BCUT2D eigenvalue weighted by Crippen LogP contribution is 2.16. The van der Waals surface area contributed by atoms with Crippen LogP contribution in [-0.4, -0.2) is 23.7 Å². The monoisotopic (exact) mass is 223 g/mol. The van der Waals surface area contributed by atoms with Gasteiger partial charge in [0.15, 0.2) is 0 Å². The Bertz CT molecular complexity index is 335. The lowest BCUT2D eigenvalue weighted by molar-refractivity contribution is -0.137. The first-order chi connectivity index (χ1) is 7.63. The van der Waals surface area contributed by atoms with Crippen LogP contribution < -0.4 is 10.1 Å². The molecular formula is C12H17NO3. The fraction of sp³-hybridized carbons (Fsp3) is 0.417. The lowest BCUT2D eigenvalue weighted by Crippen LogP contribution is -2.25. The van der Waals surface area contributed by atoms with Gasteiger partial charge < -0.3 is 15.2 Å². The van der Waals surface area contributed by atoms with Gasteiger partial charge in [-0.15, -0.1) is 0 Å². The maximum Gasteiger partial charge on any atom is 0.325 e. The third-order valence-electron chi connectivity index (χ3n) is 2.08. The molecule has 0 fully saturated rings. The van der Waals surface area contributed by atoms with Crippen LogP contribution in [0.5, 0.6) is 5.75 Å². The highest BCUT2D eigenvalue weighted by atomic mass is 16.5. The number of aliphatic carboxylic acids is 1. The molecule has 2 N–H and O–H groups in total. The fourth-order valence-electron chi connectivity index (χ4n) is 1.18. The van der Waals surface area contributed by atoms with Crippen LogP contribution >= 0.6 is 0 Å². The molecule has 0 saturated heterocycles. The summed E-state index contributed by atoms with van der Waals surface area (Å²) < 4.78 is 5.42. The predicted octanol–water partition coefficient (Wildman–Crippen LogP) is 2.36. The number of carboxylic acids is 1. The number of carbonyl (C=O) groups is 1. The lowest BCUT2D eigenvalue weighted by atomic mass is 10.2. The molecule has 0 aliphatic heterocycles. The van der Waals surface area contributed by atoms with E-state index in [0.29, 0.717) is 6.61 Å². The first-order valence-electron chi connectivity index (χ1n) is 5.35. The molecule has 0 aliphatic carbocycles. The summed E-state index contributed by atoms with van der Waals surface area (Å²) in [5, 5.41) is 11.6. The zero-order chi connectivity index (χ0) is 12.0. The number of rotatable bonds is 6. The van der Waals surface area contributed by atoms with Crippen molar-refractivity contribution in [1.29, 1.82) is 0 Å². The normalized spacial score (nSPS) is 11.9. The van der Waals surface area contributed by atoms with Gasteiger partial charge in [0.2, 0.25) is 0 Å². The highest BCUT2D eigenvalue weighted by molar-refractivity contribution is 5.76. The molecule has 4 heteroatoms. The molecule has 88 valence electrons. The minimum atomic E-state index is -0.869. The van der Waals surface area contributed by atoms with Crippen LogP contribution in [0.15, 0.2) is 24.3 Å². The molecule has 0 amide bonds. The molecule has 0 heterocycles. The zero-order valence-corrected chi connectivity index (χ0v) is 9.56. The van der Waals surface area contributed by atoms with Gasteiger partial charge in [-0.2, -0.15) is 0 Å². The summed E-state index contributed by atoms with van der Waals surface area (Å²) in [5.74, 6) is -0.0679. The van der Waals surface area contributed by atoms with Gasteiger partial charge in [-0.25, -0.2) is 0 Å². The molecule has 1 unspecified atom stereocenters. The average Bonchev–Trinajstić information content (AvgIpc) is 2.28. The maximum absolute atomic E-state index is 10.6. The molecule has 1 aromatic carbocycles. The Balaban J connectivity index is 2.54. The fourth-order valence-corrected chi connectivity index (χ4v) is 1.18. The van der Waals surface area contributed by atoms with Gasteiger partial charge in [-0.1, -0.05) is 6.92 Å². The predicted molar refractivity (Wildman–Crippen MR) is 62.9 cm³/mol. The molecule has 0 bridgehead atoms. The number of ether oxygens (including phenoxy) is 1. The molecule has 0 saturated carbocycles. The van der Waals surface area contributed by atoms with E-state index in [1.165, 1.54) is 0 Å². The number of anilines is 1. The molecule has 1 rings (SSSR count). The summed E-state index contributed by atoms with van der Waals surface area (Å²) in [4.78, 5) is 10.6. The van der Waals surface area contributed by atoms with Crippen molar-refractivity contribution in [3.8, 4) is 5.75 Å². The quantitative estimate of drug-likeness (QED) is 0.777. The lowest BCUT2D eigenvalue weighted by Gasteiger charge is -2.11. The molecule has 0 aliphatic rings. The van der Waals surface area contributed by atoms with Gasteiger partial charge in [-0.05, 0) is 37.6 Å². The van der Waals surface area contributed by atoms with Gasteiger partial charge in [0.1, 0.15) is 11.8 Å². The largest absolute Gasteiger partial charge is 0.494 e. The van der Waals surface area contributed by atoms with E-state index in [1.807, 2.05) is 31.2 Å². The van der Waals surface area contributed by atoms with Crippen LogP contribution in [0.4, 0.5) is 5.69 Å². The van der Waals surface area contributed by atoms with Crippen LogP contribution in [0.25, 0.3) is 0 Å². The number of hydrogen-bond acceptors (Lipinski definition) is 3. The second kappa shape index (κ2) is 6.00. The van der Waals surface area contributed by atoms with E-state index in [2.05, 4.69) is 5.32 Å². The van der Waals surface area contributed by atoms with Crippen molar-refractivity contribution in [3.05, 3.63) is 24.3 Å². The molecule has 0 aromatic heterocycles. The van der Waals surface area contributed by atoms with Gasteiger partial charge in [0.05, 0.1) is 6.61 Å². The van der Waals surface area contributed by atoms with Crippen molar-refractivity contribution in [2.45, 2.75) is 26.3 Å². The second-order valence-corrected chi connectivity index (χ2v) is 3.58. The van der Waals surface area contributed by atoms with Gasteiger partial charge >= 0.3 is 5.97 Å². The number of hydrogen-bond donors (Lipinski definition) is 2. The van der Waals surface area contributed by atoms with Crippen LogP contribution in [-0.2, 0) is 4.79 Å². The number of benzene rings is 1. The highest BCUT2D eigenvalue weighted by Gasteiger charge is 2.09. The zero-order valence-electron chi connectivity index (χ0n) is 9.56. The third kappa shape index (κ3) is 3.81. The van der Waals surface area contributed by atoms with E-state index in [0.717, 1.165) is 17.9 Å². The van der Waals surface area contributed by atoms with Gasteiger partial charge in [-0.3, -0.25) is 4.79 Å². The SMILES string of the molecule is CCCOc1ccc(NC(C)C(=O)O)cc1.